The summed E-state index contributed by atoms with van der Waals surface area (Å²) in [4.78, 5) is 4.26. The van der Waals surface area contributed by atoms with Crippen LogP contribution >= 0.6 is 27.3 Å². The van der Waals surface area contributed by atoms with Crippen LogP contribution in [0.25, 0.3) is 0 Å². The number of pyridine rings is 1. The Morgan fingerprint density at radius 2 is 2.36 bits per heavy atom. The first-order chi connectivity index (χ1) is 6.75. The van der Waals surface area contributed by atoms with Gasteiger partial charge in [-0.3, -0.25) is 0 Å². The van der Waals surface area contributed by atoms with Crippen molar-refractivity contribution in [2.45, 2.75) is 6.92 Å². The van der Waals surface area contributed by atoms with E-state index in [2.05, 4.69) is 26.2 Å². The SMILES string of the molecule is Cc1cc(Nc2cccs2)ncc1Br. The van der Waals surface area contributed by atoms with Gasteiger partial charge in [0.15, 0.2) is 0 Å². The highest BCUT2D eigenvalue weighted by atomic mass is 79.9. The number of nitrogens with one attached hydrogen (secondary N) is 1. The van der Waals surface area contributed by atoms with Crippen molar-refractivity contribution < 1.29 is 0 Å². The van der Waals surface area contributed by atoms with Crippen LogP contribution in [0.5, 0.6) is 0 Å². The average Bonchev–Trinajstić information content (AvgIpc) is 2.64. The fourth-order valence-corrected chi connectivity index (χ4v) is 1.92. The summed E-state index contributed by atoms with van der Waals surface area (Å²) >= 11 is 5.08. The van der Waals surface area contributed by atoms with Crippen molar-refractivity contribution in [3.8, 4) is 0 Å². The van der Waals surface area contributed by atoms with Crippen LogP contribution < -0.4 is 5.32 Å². The Balaban J connectivity index is 2.22. The fourth-order valence-electron chi connectivity index (χ4n) is 1.08. The van der Waals surface area contributed by atoms with Crippen LogP contribution in [-0.4, -0.2) is 4.98 Å². The van der Waals surface area contributed by atoms with Gasteiger partial charge in [0.2, 0.25) is 0 Å². The van der Waals surface area contributed by atoms with E-state index in [-0.39, 0.29) is 0 Å². The molecule has 72 valence electrons. The van der Waals surface area contributed by atoms with Crippen LogP contribution in [0, 0.1) is 6.92 Å². The number of nitrogens with zero attached hydrogens (tertiary/aromatic N) is 1. The van der Waals surface area contributed by atoms with Gasteiger partial charge in [0.1, 0.15) is 5.82 Å². The lowest BCUT2D eigenvalue weighted by molar-refractivity contribution is 1.26. The number of anilines is 2. The third-order valence-electron chi connectivity index (χ3n) is 1.82. The number of hydrogen-bond acceptors (Lipinski definition) is 3. The maximum absolute atomic E-state index is 4.26. The predicted octanol–water partition coefficient (Wildman–Crippen LogP) is 3.96. The molecule has 0 aliphatic heterocycles. The minimum atomic E-state index is 0.883. The molecule has 0 atom stereocenters. The molecule has 0 aromatic carbocycles. The van der Waals surface area contributed by atoms with Crippen LogP contribution in [0.1, 0.15) is 5.56 Å². The molecule has 2 nitrogen and oxygen atoms in total. The zero-order chi connectivity index (χ0) is 9.97. The van der Waals surface area contributed by atoms with Gasteiger partial charge in [-0.05, 0) is 52.0 Å². The van der Waals surface area contributed by atoms with Crippen molar-refractivity contribution in [2.24, 2.45) is 0 Å². The Kier molecular flexibility index (Phi) is 2.84. The molecule has 14 heavy (non-hydrogen) atoms. The van der Waals surface area contributed by atoms with Crippen molar-refractivity contribution in [3.05, 3.63) is 39.8 Å². The molecule has 0 spiro atoms. The summed E-state index contributed by atoms with van der Waals surface area (Å²) < 4.78 is 1.04. The van der Waals surface area contributed by atoms with Gasteiger partial charge in [-0.25, -0.2) is 4.98 Å². The number of hydrogen-bond donors (Lipinski definition) is 1. The zero-order valence-corrected chi connectivity index (χ0v) is 10.0. The van der Waals surface area contributed by atoms with Gasteiger partial charge in [0.05, 0.1) is 5.00 Å². The van der Waals surface area contributed by atoms with Crippen molar-refractivity contribution in [2.75, 3.05) is 5.32 Å². The number of halogens is 1. The molecule has 2 aromatic rings. The number of aryl methyl sites for hydroxylation is 1. The van der Waals surface area contributed by atoms with Gasteiger partial charge in [-0.2, -0.15) is 0 Å². The molecule has 0 aliphatic rings. The molecular weight excluding hydrogens is 260 g/mol. The van der Waals surface area contributed by atoms with Gasteiger partial charge in [0, 0.05) is 10.7 Å². The summed E-state index contributed by atoms with van der Waals surface area (Å²) in [6.07, 6.45) is 1.81. The van der Waals surface area contributed by atoms with Crippen LogP contribution in [0.4, 0.5) is 10.8 Å². The fraction of sp³-hybridized carbons (Fsp3) is 0.100. The summed E-state index contributed by atoms with van der Waals surface area (Å²) in [7, 11) is 0. The van der Waals surface area contributed by atoms with Crippen LogP contribution in [0.15, 0.2) is 34.2 Å². The third kappa shape index (κ3) is 2.13. The molecule has 2 rings (SSSR count). The maximum Gasteiger partial charge on any atom is 0.131 e. The second kappa shape index (κ2) is 4.11. The highest BCUT2D eigenvalue weighted by Crippen LogP contribution is 2.22. The molecule has 0 fully saturated rings. The molecule has 0 saturated carbocycles. The van der Waals surface area contributed by atoms with E-state index >= 15 is 0 Å². The monoisotopic (exact) mass is 268 g/mol. The summed E-state index contributed by atoms with van der Waals surface area (Å²) in [6, 6.07) is 6.06. The first kappa shape index (κ1) is 9.68. The average molecular weight is 269 g/mol. The Morgan fingerprint density at radius 1 is 1.50 bits per heavy atom. The van der Waals surface area contributed by atoms with E-state index < -0.39 is 0 Å². The summed E-state index contributed by atoms with van der Waals surface area (Å²) in [5.41, 5.74) is 1.18. The quantitative estimate of drug-likeness (QED) is 0.892. The molecule has 2 heterocycles. The number of aromatic nitrogens is 1. The Bertz CT molecular complexity index is 426. The van der Waals surface area contributed by atoms with E-state index in [4.69, 9.17) is 0 Å². The van der Waals surface area contributed by atoms with E-state index in [0.717, 1.165) is 15.3 Å². The molecule has 0 amide bonds. The van der Waals surface area contributed by atoms with Gasteiger partial charge < -0.3 is 5.32 Å². The molecule has 0 saturated heterocycles. The molecule has 0 aliphatic carbocycles. The number of rotatable bonds is 2. The third-order valence-corrected chi connectivity index (χ3v) is 3.43. The lowest BCUT2D eigenvalue weighted by Crippen LogP contribution is -1.91. The van der Waals surface area contributed by atoms with Gasteiger partial charge >= 0.3 is 0 Å². The van der Waals surface area contributed by atoms with E-state index in [1.807, 2.05) is 36.7 Å². The maximum atomic E-state index is 4.26. The molecule has 2 aromatic heterocycles. The molecule has 0 bridgehead atoms. The predicted molar refractivity (Wildman–Crippen MR) is 64.3 cm³/mol. The topological polar surface area (TPSA) is 24.9 Å². The molecular formula is C10H9BrN2S. The standard InChI is InChI=1S/C10H9BrN2S/c1-7-5-9(12-6-8(7)11)13-10-3-2-4-14-10/h2-6H,1H3,(H,12,13). The van der Waals surface area contributed by atoms with Crippen molar-refractivity contribution in [1.29, 1.82) is 0 Å². The lowest BCUT2D eigenvalue weighted by Gasteiger charge is -2.04. The smallest absolute Gasteiger partial charge is 0.131 e. The molecule has 4 heteroatoms. The second-order valence-corrected chi connectivity index (χ2v) is 4.72. The van der Waals surface area contributed by atoms with Crippen molar-refractivity contribution >= 4 is 38.1 Å². The summed E-state index contributed by atoms with van der Waals surface area (Å²) in [6.45, 7) is 2.05. The van der Waals surface area contributed by atoms with E-state index in [9.17, 15) is 0 Å². The minimum Gasteiger partial charge on any atom is -0.332 e. The highest BCUT2D eigenvalue weighted by molar-refractivity contribution is 9.10. The molecule has 0 unspecified atom stereocenters. The van der Waals surface area contributed by atoms with E-state index in [0.29, 0.717) is 0 Å². The van der Waals surface area contributed by atoms with Crippen molar-refractivity contribution in [1.82, 2.24) is 4.98 Å². The number of thiophene rings is 1. The van der Waals surface area contributed by atoms with Crippen LogP contribution in [-0.2, 0) is 0 Å². The molecule has 1 N–H and O–H groups in total. The normalized spacial score (nSPS) is 10.1. The highest BCUT2D eigenvalue weighted by Gasteiger charge is 1.99. The summed E-state index contributed by atoms with van der Waals surface area (Å²) in [5, 5.41) is 6.38. The first-order valence-corrected chi connectivity index (χ1v) is 5.85. The molecule has 0 radical (unpaired) electrons. The Hall–Kier alpha value is -0.870. The first-order valence-electron chi connectivity index (χ1n) is 4.18. The largest absolute Gasteiger partial charge is 0.332 e. The van der Waals surface area contributed by atoms with Gasteiger partial charge in [0.25, 0.3) is 0 Å². The lowest BCUT2D eigenvalue weighted by atomic mass is 10.3. The van der Waals surface area contributed by atoms with Gasteiger partial charge in [-0.1, -0.05) is 0 Å². The second-order valence-electron chi connectivity index (χ2n) is 2.92. The van der Waals surface area contributed by atoms with Crippen LogP contribution in [0.2, 0.25) is 0 Å². The van der Waals surface area contributed by atoms with E-state index in [1.54, 1.807) is 11.3 Å². The minimum absolute atomic E-state index is 0.883. The Labute approximate surface area is 95.1 Å². The van der Waals surface area contributed by atoms with Crippen LogP contribution in [0.3, 0.4) is 0 Å². The van der Waals surface area contributed by atoms with Crippen molar-refractivity contribution in [3.63, 3.8) is 0 Å². The zero-order valence-electron chi connectivity index (χ0n) is 7.62. The van der Waals surface area contributed by atoms with E-state index in [1.165, 1.54) is 5.56 Å². The summed E-state index contributed by atoms with van der Waals surface area (Å²) in [5.74, 6) is 0.883. The Morgan fingerprint density at radius 3 is 3.00 bits per heavy atom. The van der Waals surface area contributed by atoms with Gasteiger partial charge in [-0.15, -0.1) is 11.3 Å².